The summed E-state index contributed by atoms with van der Waals surface area (Å²) in [6.45, 7) is 32.6. The molecule has 0 aromatic carbocycles. The predicted molar refractivity (Wildman–Crippen MR) is 105 cm³/mol. The van der Waals surface area contributed by atoms with Crippen molar-refractivity contribution in [2.45, 2.75) is 130 Å². The average molecular weight is 283 g/mol. The van der Waals surface area contributed by atoms with Gasteiger partial charge in [0.05, 0.1) is 0 Å². The standard InChI is InChI=1S/C4H10.C3H8.6C2H6/c1-3-4-2;1-3-2;6*1-2/h3-4H2,1-2H3;3H2,1-2H3;6*1-2H3. The topological polar surface area (TPSA) is 0 Å². The third kappa shape index (κ3) is 4610. The van der Waals surface area contributed by atoms with Crippen LogP contribution in [-0.4, -0.2) is 0 Å². The molecule has 0 heteroatoms. The SMILES string of the molecule is CC.CC.CC.CC.CC.CC.CCC.CCCC. The number of hydrogen-bond donors (Lipinski definition) is 0. The lowest BCUT2D eigenvalue weighted by atomic mass is 10.4. The van der Waals surface area contributed by atoms with Crippen LogP contribution in [0.2, 0.25) is 0 Å². The molecular formula is C19H54. The van der Waals surface area contributed by atoms with Crippen LogP contribution in [-0.2, 0) is 0 Å². The van der Waals surface area contributed by atoms with Crippen LogP contribution in [0.1, 0.15) is 130 Å². The van der Waals surface area contributed by atoms with Crippen LogP contribution in [0.25, 0.3) is 0 Å². The number of unbranched alkanes of at least 4 members (excludes halogenated alkanes) is 1. The maximum atomic E-state index is 2.18. The molecule has 19 heavy (non-hydrogen) atoms. The van der Waals surface area contributed by atoms with Crippen molar-refractivity contribution in [2.24, 2.45) is 0 Å². The second-order valence-corrected chi connectivity index (χ2v) is 1.71. The van der Waals surface area contributed by atoms with Crippen molar-refractivity contribution in [1.29, 1.82) is 0 Å². The molecule has 0 nitrogen and oxygen atoms in total. The van der Waals surface area contributed by atoms with Gasteiger partial charge in [0, 0.05) is 0 Å². The highest BCUT2D eigenvalue weighted by Gasteiger charge is 1.56. The minimum atomic E-state index is 1.25. The van der Waals surface area contributed by atoms with Gasteiger partial charge in [0.15, 0.2) is 0 Å². The molecule has 0 saturated heterocycles. The Labute approximate surface area is 130 Å². The summed E-state index contributed by atoms with van der Waals surface area (Å²) in [5.41, 5.74) is 0. The smallest absolute Gasteiger partial charge is 0.0564 e. The molecule has 0 radical (unpaired) electrons. The maximum absolute atomic E-state index is 2.18. The molecule has 0 fully saturated rings. The van der Waals surface area contributed by atoms with Gasteiger partial charge in [-0.25, -0.2) is 0 Å². The fourth-order valence-corrected chi connectivity index (χ4v) is 0. The summed E-state index contributed by atoms with van der Waals surface area (Å²) < 4.78 is 0. The van der Waals surface area contributed by atoms with Crippen LogP contribution in [0, 0.1) is 0 Å². The van der Waals surface area contributed by atoms with Crippen LogP contribution in [0.5, 0.6) is 0 Å². The van der Waals surface area contributed by atoms with Crippen molar-refractivity contribution in [1.82, 2.24) is 0 Å². The Morgan fingerprint density at radius 1 is 0.316 bits per heavy atom. The summed E-state index contributed by atoms with van der Waals surface area (Å²) >= 11 is 0. The van der Waals surface area contributed by atoms with Crippen LogP contribution < -0.4 is 0 Å². The molecule has 0 aromatic rings. The van der Waals surface area contributed by atoms with Crippen LogP contribution in [0.3, 0.4) is 0 Å². The Morgan fingerprint density at radius 2 is 0.368 bits per heavy atom. The third-order valence-corrected chi connectivity index (χ3v) is 0.500. The van der Waals surface area contributed by atoms with Gasteiger partial charge in [0.25, 0.3) is 0 Å². The van der Waals surface area contributed by atoms with E-state index in [-0.39, 0.29) is 0 Å². The Bertz CT molecular complexity index is 7.51. The van der Waals surface area contributed by atoms with Crippen LogP contribution >= 0.6 is 0 Å². The molecule has 0 aliphatic rings. The van der Waals surface area contributed by atoms with Gasteiger partial charge in [-0.3, -0.25) is 0 Å². The lowest BCUT2D eigenvalue weighted by molar-refractivity contribution is 0.886. The lowest BCUT2D eigenvalue weighted by Crippen LogP contribution is -1.47. The van der Waals surface area contributed by atoms with Gasteiger partial charge in [-0.15, -0.1) is 0 Å². The number of hydrogen-bond acceptors (Lipinski definition) is 0. The Balaban J connectivity index is -0.0000000124. The second kappa shape index (κ2) is 578. The van der Waals surface area contributed by atoms with E-state index in [2.05, 4.69) is 27.7 Å². The Kier molecular flexibility index (Phi) is 1550. The minimum Gasteiger partial charge on any atom is -0.0683 e. The van der Waals surface area contributed by atoms with Gasteiger partial charge in [-0.05, 0) is 0 Å². The molecule has 0 amide bonds. The summed E-state index contributed by atoms with van der Waals surface area (Å²) in [6, 6.07) is 0. The van der Waals surface area contributed by atoms with E-state index < -0.39 is 0 Å². The first-order chi connectivity index (χ1) is 9.33. The quantitative estimate of drug-likeness (QED) is 0.449. The van der Waals surface area contributed by atoms with Crippen molar-refractivity contribution in [3.05, 3.63) is 0 Å². The molecule has 0 saturated carbocycles. The van der Waals surface area contributed by atoms with E-state index >= 15 is 0 Å². The monoisotopic (exact) mass is 282 g/mol. The van der Waals surface area contributed by atoms with E-state index in [1.165, 1.54) is 19.3 Å². The fraction of sp³-hybridized carbons (Fsp3) is 1.00. The highest BCUT2D eigenvalue weighted by molar-refractivity contribution is 4.12. The second-order valence-electron chi connectivity index (χ2n) is 1.71. The van der Waals surface area contributed by atoms with Crippen molar-refractivity contribution in [3.8, 4) is 0 Å². The molecule has 0 atom stereocenters. The largest absolute Gasteiger partial charge is 0.0683 e. The molecule has 0 aliphatic carbocycles. The molecular weight excluding hydrogens is 228 g/mol. The molecule has 0 rings (SSSR count). The van der Waals surface area contributed by atoms with Gasteiger partial charge in [0.1, 0.15) is 0 Å². The first kappa shape index (κ1) is 50.9. The van der Waals surface area contributed by atoms with Gasteiger partial charge < -0.3 is 0 Å². The molecule has 0 N–H and O–H groups in total. The van der Waals surface area contributed by atoms with E-state index in [0.29, 0.717) is 0 Å². The molecule has 0 spiro atoms. The normalized spacial score (nSPS) is 4.42. The van der Waals surface area contributed by atoms with Crippen molar-refractivity contribution >= 4 is 0 Å². The van der Waals surface area contributed by atoms with Crippen LogP contribution in [0.15, 0.2) is 0 Å². The fourth-order valence-electron chi connectivity index (χ4n) is 0. The first-order valence-corrected chi connectivity index (χ1v) is 9.33. The molecule has 130 valence electrons. The highest BCUT2D eigenvalue weighted by Crippen LogP contribution is 1.76. The minimum absolute atomic E-state index is 1.25. The van der Waals surface area contributed by atoms with E-state index in [0.717, 1.165) is 0 Å². The lowest BCUT2D eigenvalue weighted by Gasteiger charge is -1.68. The summed E-state index contributed by atoms with van der Waals surface area (Å²) in [6.07, 6.45) is 3.89. The summed E-state index contributed by atoms with van der Waals surface area (Å²) in [7, 11) is 0. The number of rotatable bonds is 1. The Morgan fingerprint density at radius 3 is 0.368 bits per heavy atom. The van der Waals surface area contributed by atoms with Gasteiger partial charge in [-0.1, -0.05) is 130 Å². The molecule has 0 bridgehead atoms. The zero-order chi connectivity index (χ0) is 18.1. The maximum Gasteiger partial charge on any atom is -0.0564 e. The van der Waals surface area contributed by atoms with E-state index in [1.54, 1.807) is 0 Å². The third-order valence-electron chi connectivity index (χ3n) is 0.500. The van der Waals surface area contributed by atoms with Gasteiger partial charge >= 0.3 is 0 Å². The highest BCUT2D eigenvalue weighted by atomic mass is 13.6. The summed E-state index contributed by atoms with van der Waals surface area (Å²) in [5.74, 6) is 0. The zero-order valence-corrected chi connectivity index (χ0v) is 18.1. The predicted octanol–water partition coefficient (Wildman–Crippen LogP) is 9.38. The molecule has 0 unspecified atom stereocenters. The van der Waals surface area contributed by atoms with E-state index in [1.807, 2.05) is 83.1 Å². The first-order valence-electron chi connectivity index (χ1n) is 9.33. The molecule has 0 heterocycles. The van der Waals surface area contributed by atoms with Gasteiger partial charge in [0.2, 0.25) is 0 Å². The van der Waals surface area contributed by atoms with E-state index in [4.69, 9.17) is 0 Å². The van der Waals surface area contributed by atoms with Crippen molar-refractivity contribution in [2.75, 3.05) is 0 Å². The van der Waals surface area contributed by atoms with Crippen LogP contribution in [0.4, 0.5) is 0 Å². The molecule has 0 aliphatic heterocycles. The summed E-state index contributed by atoms with van der Waals surface area (Å²) in [5, 5.41) is 0. The zero-order valence-electron chi connectivity index (χ0n) is 18.1. The van der Waals surface area contributed by atoms with Gasteiger partial charge in [-0.2, -0.15) is 0 Å². The molecule has 0 aromatic heterocycles. The Hall–Kier alpha value is 0. The van der Waals surface area contributed by atoms with Crippen molar-refractivity contribution < 1.29 is 0 Å². The summed E-state index contributed by atoms with van der Waals surface area (Å²) in [4.78, 5) is 0. The average Bonchev–Trinajstić information content (AvgIpc) is 2.59. The van der Waals surface area contributed by atoms with E-state index in [9.17, 15) is 0 Å². The van der Waals surface area contributed by atoms with Crippen molar-refractivity contribution in [3.63, 3.8) is 0 Å².